The third-order valence-corrected chi connectivity index (χ3v) is 3.22. The highest BCUT2D eigenvalue weighted by atomic mass is 35.5. The fourth-order valence-electron chi connectivity index (χ4n) is 1.97. The normalized spacial score (nSPS) is 14.6. The highest BCUT2D eigenvalue weighted by molar-refractivity contribution is 6.31. The molecule has 0 amide bonds. The molecule has 17 heavy (non-hydrogen) atoms. The van der Waals surface area contributed by atoms with Crippen molar-refractivity contribution in [3.8, 4) is 0 Å². The Morgan fingerprint density at radius 2 is 2.12 bits per heavy atom. The molecular formula is C13H15ClN2O. The first kappa shape index (κ1) is 12.1. The summed E-state index contributed by atoms with van der Waals surface area (Å²) in [5.41, 5.74) is -0.514. The molecule has 1 aromatic carbocycles. The summed E-state index contributed by atoms with van der Waals surface area (Å²) in [6, 6.07) is 7.28. The standard InChI is InChI=1S/C13H15ClN2O/c1-3-16-9-8-15-12(16)13(2,17)10-6-4-5-7-11(10)14/h4-9,17H,3H2,1-2H3. The van der Waals surface area contributed by atoms with Crippen molar-refractivity contribution >= 4 is 11.6 Å². The van der Waals surface area contributed by atoms with Crippen LogP contribution < -0.4 is 0 Å². The molecule has 0 radical (unpaired) electrons. The number of imidazole rings is 1. The van der Waals surface area contributed by atoms with Gasteiger partial charge < -0.3 is 9.67 Å². The lowest BCUT2D eigenvalue weighted by molar-refractivity contribution is 0.0883. The van der Waals surface area contributed by atoms with Gasteiger partial charge in [0, 0.05) is 29.5 Å². The molecule has 0 fully saturated rings. The van der Waals surface area contributed by atoms with Crippen LogP contribution in [0, 0.1) is 0 Å². The van der Waals surface area contributed by atoms with Crippen LogP contribution in [0.15, 0.2) is 36.7 Å². The minimum absolute atomic E-state index is 0.545. The van der Waals surface area contributed by atoms with Gasteiger partial charge in [-0.3, -0.25) is 0 Å². The second kappa shape index (κ2) is 4.51. The molecule has 1 unspecified atom stereocenters. The lowest BCUT2D eigenvalue weighted by atomic mass is 9.95. The highest BCUT2D eigenvalue weighted by Crippen LogP contribution is 2.32. The average molecular weight is 251 g/mol. The maximum absolute atomic E-state index is 10.7. The van der Waals surface area contributed by atoms with Crippen LogP contribution in [0.4, 0.5) is 0 Å². The molecule has 1 atom stereocenters. The van der Waals surface area contributed by atoms with Gasteiger partial charge in [0.25, 0.3) is 0 Å². The molecule has 90 valence electrons. The van der Waals surface area contributed by atoms with Crippen molar-refractivity contribution in [3.05, 3.63) is 53.1 Å². The van der Waals surface area contributed by atoms with Crippen LogP contribution in [0.3, 0.4) is 0 Å². The van der Waals surface area contributed by atoms with Crippen molar-refractivity contribution in [3.63, 3.8) is 0 Å². The van der Waals surface area contributed by atoms with Gasteiger partial charge in [-0.05, 0) is 19.9 Å². The number of halogens is 1. The summed E-state index contributed by atoms with van der Waals surface area (Å²) in [4.78, 5) is 4.23. The van der Waals surface area contributed by atoms with Crippen molar-refractivity contribution in [2.45, 2.75) is 26.0 Å². The van der Waals surface area contributed by atoms with Gasteiger partial charge >= 0.3 is 0 Å². The Labute approximate surface area is 106 Å². The lowest BCUT2D eigenvalue weighted by Crippen LogP contribution is -2.27. The Balaban J connectivity index is 2.53. The van der Waals surface area contributed by atoms with E-state index < -0.39 is 5.60 Å². The average Bonchev–Trinajstić information content (AvgIpc) is 2.78. The molecule has 1 heterocycles. The summed E-state index contributed by atoms with van der Waals surface area (Å²) in [5, 5.41) is 11.2. The number of aryl methyl sites for hydroxylation is 1. The van der Waals surface area contributed by atoms with Crippen LogP contribution in [-0.2, 0) is 12.1 Å². The van der Waals surface area contributed by atoms with E-state index in [0.29, 0.717) is 16.4 Å². The van der Waals surface area contributed by atoms with E-state index in [9.17, 15) is 5.11 Å². The number of rotatable bonds is 3. The van der Waals surface area contributed by atoms with Crippen molar-refractivity contribution in [2.24, 2.45) is 0 Å². The van der Waals surface area contributed by atoms with Gasteiger partial charge in [-0.25, -0.2) is 4.98 Å². The molecule has 3 nitrogen and oxygen atoms in total. The molecule has 0 aliphatic carbocycles. The monoisotopic (exact) mass is 250 g/mol. The van der Waals surface area contributed by atoms with E-state index in [4.69, 9.17) is 11.6 Å². The molecule has 1 aromatic heterocycles. The number of hydrogen-bond acceptors (Lipinski definition) is 2. The lowest BCUT2D eigenvalue weighted by Gasteiger charge is -2.25. The maximum Gasteiger partial charge on any atom is 0.146 e. The summed E-state index contributed by atoms with van der Waals surface area (Å²) in [6.45, 7) is 4.48. The number of aromatic nitrogens is 2. The third-order valence-electron chi connectivity index (χ3n) is 2.89. The first-order valence-electron chi connectivity index (χ1n) is 5.56. The Hall–Kier alpha value is -1.32. The number of nitrogens with zero attached hydrogens (tertiary/aromatic N) is 2. The fraction of sp³-hybridized carbons (Fsp3) is 0.308. The molecule has 2 rings (SSSR count). The van der Waals surface area contributed by atoms with Gasteiger partial charge in [0.1, 0.15) is 11.4 Å². The van der Waals surface area contributed by atoms with Gasteiger partial charge in [-0.2, -0.15) is 0 Å². The van der Waals surface area contributed by atoms with Gasteiger partial charge in [0.2, 0.25) is 0 Å². The van der Waals surface area contributed by atoms with E-state index in [1.807, 2.05) is 35.9 Å². The Bertz CT molecular complexity index is 520. The predicted molar refractivity (Wildman–Crippen MR) is 68.0 cm³/mol. The topological polar surface area (TPSA) is 38.0 Å². The van der Waals surface area contributed by atoms with Crippen molar-refractivity contribution in [1.82, 2.24) is 9.55 Å². The number of benzene rings is 1. The second-order valence-corrected chi connectivity index (χ2v) is 4.50. The predicted octanol–water partition coefficient (Wildman–Crippen LogP) is 2.81. The summed E-state index contributed by atoms with van der Waals surface area (Å²) < 4.78 is 1.91. The first-order chi connectivity index (χ1) is 8.07. The van der Waals surface area contributed by atoms with E-state index >= 15 is 0 Å². The Morgan fingerprint density at radius 3 is 2.76 bits per heavy atom. The zero-order valence-corrected chi connectivity index (χ0v) is 10.6. The largest absolute Gasteiger partial charge is 0.377 e. The summed E-state index contributed by atoms with van der Waals surface area (Å²) >= 11 is 6.12. The first-order valence-corrected chi connectivity index (χ1v) is 5.94. The van der Waals surface area contributed by atoms with Crippen LogP contribution in [0.2, 0.25) is 5.02 Å². The Morgan fingerprint density at radius 1 is 1.41 bits per heavy atom. The number of aliphatic hydroxyl groups is 1. The van der Waals surface area contributed by atoms with E-state index in [2.05, 4.69) is 4.98 Å². The molecule has 0 spiro atoms. The van der Waals surface area contributed by atoms with Gasteiger partial charge in [0.05, 0.1) is 0 Å². The van der Waals surface area contributed by atoms with E-state index in [1.165, 1.54) is 0 Å². The minimum atomic E-state index is -1.18. The quantitative estimate of drug-likeness (QED) is 0.910. The van der Waals surface area contributed by atoms with Crippen LogP contribution in [-0.4, -0.2) is 14.7 Å². The molecule has 0 aliphatic heterocycles. The van der Waals surface area contributed by atoms with E-state index in [-0.39, 0.29) is 0 Å². The molecule has 0 saturated carbocycles. The fourth-order valence-corrected chi connectivity index (χ4v) is 2.29. The van der Waals surface area contributed by atoms with Crippen LogP contribution in [0.25, 0.3) is 0 Å². The minimum Gasteiger partial charge on any atom is -0.377 e. The second-order valence-electron chi connectivity index (χ2n) is 4.09. The Kier molecular flexibility index (Phi) is 3.22. The maximum atomic E-state index is 10.7. The van der Waals surface area contributed by atoms with E-state index in [1.54, 1.807) is 19.2 Å². The zero-order chi connectivity index (χ0) is 12.5. The third kappa shape index (κ3) is 2.08. The molecule has 0 aliphatic rings. The molecule has 0 saturated heterocycles. The zero-order valence-electron chi connectivity index (χ0n) is 9.89. The van der Waals surface area contributed by atoms with Crippen molar-refractivity contribution < 1.29 is 5.11 Å². The SMILES string of the molecule is CCn1ccnc1C(C)(O)c1ccccc1Cl. The summed E-state index contributed by atoms with van der Waals surface area (Å²) in [5.74, 6) is 0.605. The van der Waals surface area contributed by atoms with Gasteiger partial charge in [-0.1, -0.05) is 29.8 Å². The molecule has 0 bridgehead atoms. The van der Waals surface area contributed by atoms with Crippen LogP contribution >= 0.6 is 11.6 Å². The van der Waals surface area contributed by atoms with E-state index in [0.717, 1.165) is 6.54 Å². The molecule has 2 aromatic rings. The summed E-state index contributed by atoms with van der Waals surface area (Å²) in [6.07, 6.45) is 3.53. The summed E-state index contributed by atoms with van der Waals surface area (Å²) in [7, 11) is 0. The highest BCUT2D eigenvalue weighted by Gasteiger charge is 2.31. The molecule has 1 N–H and O–H groups in total. The van der Waals surface area contributed by atoms with Crippen LogP contribution in [0.1, 0.15) is 25.2 Å². The van der Waals surface area contributed by atoms with Crippen LogP contribution in [0.5, 0.6) is 0 Å². The smallest absolute Gasteiger partial charge is 0.146 e. The van der Waals surface area contributed by atoms with Crippen molar-refractivity contribution in [1.29, 1.82) is 0 Å². The molecular weight excluding hydrogens is 236 g/mol. The molecule has 4 heteroatoms. The van der Waals surface area contributed by atoms with Crippen molar-refractivity contribution in [2.75, 3.05) is 0 Å². The number of hydrogen-bond donors (Lipinski definition) is 1. The van der Waals surface area contributed by atoms with Gasteiger partial charge in [-0.15, -0.1) is 0 Å². The van der Waals surface area contributed by atoms with Gasteiger partial charge in [0.15, 0.2) is 0 Å².